The molecule has 1 saturated heterocycles. The molecule has 7 heteroatoms. The summed E-state index contributed by atoms with van der Waals surface area (Å²) in [6.07, 6.45) is 3.46. The third-order valence-electron chi connectivity index (χ3n) is 3.87. The summed E-state index contributed by atoms with van der Waals surface area (Å²) in [4.78, 5) is 17.1. The molecule has 2 heterocycles. The first-order chi connectivity index (χ1) is 13.2. The second-order valence-electron chi connectivity index (χ2n) is 5.81. The fraction of sp³-hybridized carbons (Fsp3) is 0.100. The first kappa shape index (κ1) is 17.7. The molecule has 0 bridgehead atoms. The number of hydrogen-bond donors (Lipinski definition) is 1. The van der Waals surface area contributed by atoms with Gasteiger partial charge in [-0.3, -0.25) is 9.79 Å². The van der Waals surface area contributed by atoms with Gasteiger partial charge in [-0.15, -0.1) is 0 Å². The lowest BCUT2D eigenvalue weighted by Gasteiger charge is -2.00. The van der Waals surface area contributed by atoms with Crippen LogP contribution < -0.4 is 14.8 Å². The zero-order valence-corrected chi connectivity index (χ0v) is 15.7. The molecular formula is C20H15ClN2O3S. The average Bonchev–Trinajstić information content (AvgIpc) is 3.27. The van der Waals surface area contributed by atoms with Gasteiger partial charge in [0.15, 0.2) is 16.7 Å². The van der Waals surface area contributed by atoms with E-state index in [1.54, 1.807) is 6.08 Å². The Bertz CT molecular complexity index is 970. The zero-order valence-electron chi connectivity index (χ0n) is 14.1. The highest BCUT2D eigenvalue weighted by Gasteiger charge is 2.23. The van der Waals surface area contributed by atoms with Gasteiger partial charge < -0.3 is 14.8 Å². The number of hydrogen-bond acceptors (Lipinski definition) is 5. The van der Waals surface area contributed by atoms with Crippen molar-refractivity contribution in [3.63, 3.8) is 0 Å². The number of carbonyl (C=O) groups excluding carboxylic acids is 1. The normalized spacial score (nSPS) is 19.0. The predicted octanol–water partition coefficient (Wildman–Crippen LogP) is 4.30. The number of benzene rings is 2. The van der Waals surface area contributed by atoms with Crippen molar-refractivity contribution in [1.82, 2.24) is 5.32 Å². The van der Waals surface area contributed by atoms with Gasteiger partial charge in [-0.25, -0.2) is 0 Å². The number of rotatable bonds is 4. The third kappa shape index (κ3) is 4.35. The molecule has 0 atom stereocenters. The molecule has 5 nitrogen and oxygen atoms in total. The van der Waals surface area contributed by atoms with E-state index in [9.17, 15) is 4.79 Å². The minimum atomic E-state index is -0.205. The molecule has 0 aliphatic carbocycles. The van der Waals surface area contributed by atoms with Crippen LogP contribution in [-0.2, 0) is 11.3 Å². The summed E-state index contributed by atoms with van der Waals surface area (Å²) < 4.78 is 10.7. The standard InChI is InChI=1S/C20H15ClN2O3S/c21-15(8-13-4-2-1-3-5-13)10-18-19(24)23-20(27-18)22-11-14-6-7-16-17(9-14)26-12-25-16/h1-10H,11-12H2,(H,22,23,24). The van der Waals surface area contributed by atoms with Gasteiger partial charge in [0.1, 0.15) is 0 Å². The van der Waals surface area contributed by atoms with Crippen LogP contribution >= 0.6 is 23.4 Å². The van der Waals surface area contributed by atoms with E-state index < -0.39 is 0 Å². The molecule has 2 aromatic rings. The van der Waals surface area contributed by atoms with Crippen LogP contribution in [0.4, 0.5) is 0 Å². The molecule has 0 aromatic heterocycles. The largest absolute Gasteiger partial charge is 0.454 e. The Labute approximate surface area is 165 Å². The van der Waals surface area contributed by atoms with Gasteiger partial charge >= 0.3 is 0 Å². The number of fused-ring (bicyclic) bond motifs is 1. The summed E-state index contributed by atoms with van der Waals surface area (Å²) in [7, 11) is 0. The molecular weight excluding hydrogens is 384 g/mol. The Balaban J connectivity index is 1.44. The molecule has 0 saturated carbocycles. The van der Waals surface area contributed by atoms with Gasteiger partial charge in [-0.2, -0.15) is 0 Å². The van der Waals surface area contributed by atoms with E-state index in [0.29, 0.717) is 27.4 Å². The number of amidine groups is 1. The number of allylic oxidation sites excluding steroid dienone is 2. The molecule has 1 amide bonds. The van der Waals surface area contributed by atoms with Gasteiger partial charge in [0.25, 0.3) is 5.91 Å². The minimum Gasteiger partial charge on any atom is -0.454 e. The maximum atomic E-state index is 12.1. The van der Waals surface area contributed by atoms with Crippen LogP contribution in [0.15, 0.2) is 69.5 Å². The lowest BCUT2D eigenvalue weighted by molar-refractivity contribution is -0.115. The number of ether oxygens (including phenoxy) is 2. The van der Waals surface area contributed by atoms with Crippen LogP contribution in [0, 0.1) is 0 Å². The second-order valence-corrected chi connectivity index (χ2v) is 7.28. The Morgan fingerprint density at radius 3 is 2.85 bits per heavy atom. The van der Waals surface area contributed by atoms with E-state index in [4.69, 9.17) is 21.1 Å². The summed E-state index contributed by atoms with van der Waals surface area (Å²) in [5.74, 6) is 1.25. The van der Waals surface area contributed by atoms with Crippen LogP contribution in [0.2, 0.25) is 0 Å². The highest BCUT2D eigenvalue weighted by Crippen LogP contribution is 2.33. The summed E-state index contributed by atoms with van der Waals surface area (Å²) in [5.41, 5.74) is 1.94. The highest BCUT2D eigenvalue weighted by molar-refractivity contribution is 8.18. The Hall–Kier alpha value is -2.70. The lowest BCUT2D eigenvalue weighted by Crippen LogP contribution is -2.19. The molecule has 1 N–H and O–H groups in total. The second kappa shape index (κ2) is 7.90. The molecule has 4 rings (SSSR count). The minimum absolute atomic E-state index is 0.205. The number of thioether (sulfide) groups is 1. The first-order valence-corrected chi connectivity index (χ1v) is 9.43. The molecule has 0 unspecified atom stereocenters. The van der Waals surface area contributed by atoms with Gasteiger partial charge in [-0.05, 0) is 47.2 Å². The Morgan fingerprint density at radius 2 is 2.00 bits per heavy atom. The number of nitrogens with zero attached hydrogens (tertiary/aromatic N) is 1. The monoisotopic (exact) mass is 398 g/mol. The van der Waals surface area contributed by atoms with Crippen molar-refractivity contribution in [2.24, 2.45) is 4.99 Å². The molecule has 136 valence electrons. The summed E-state index contributed by atoms with van der Waals surface area (Å²) in [6, 6.07) is 15.4. The number of carbonyl (C=O) groups is 1. The van der Waals surface area contributed by atoms with Crippen molar-refractivity contribution in [3.8, 4) is 11.5 Å². The van der Waals surface area contributed by atoms with E-state index in [1.807, 2.05) is 54.6 Å². The molecule has 27 heavy (non-hydrogen) atoms. The predicted molar refractivity (Wildman–Crippen MR) is 108 cm³/mol. The molecule has 2 aliphatic rings. The number of aliphatic imine (C=N–C) groups is 1. The first-order valence-electron chi connectivity index (χ1n) is 8.23. The van der Waals surface area contributed by atoms with Crippen molar-refractivity contribution in [3.05, 3.63) is 75.7 Å². The molecule has 0 radical (unpaired) electrons. The fourth-order valence-corrected chi connectivity index (χ4v) is 3.69. The van der Waals surface area contributed by atoms with Crippen LogP contribution in [-0.4, -0.2) is 17.9 Å². The van der Waals surface area contributed by atoms with Crippen molar-refractivity contribution < 1.29 is 14.3 Å². The van der Waals surface area contributed by atoms with E-state index >= 15 is 0 Å². The number of halogens is 1. The Kier molecular flexibility index (Phi) is 5.18. The quantitative estimate of drug-likeness (QED) is 0.780. The van der Waals surface area contributed by atoms with Crippen LogP contribution in [0.5, 0.6) is 11.5 Å². The van der Waals surface area contributed by atoms with Crippen LogP contribution in [0.1, 0.15) is 11.1 Å². The van der Waals surface area contributed by atoms with Gasteiger partial charge in [0.05, 0.1) is 11.4 Å². The Morgan fingerprint density at radius 1 is 1.19 bits per heavy atom. The fourth-order valence-electron chi connectivity index (χ4n) is 2.58. The maximum absolute atomic E-state index is 12.1. The van der Waals surface area contributed by atoms with Crippen molar-refractivity contribution >= 4 is 40.5 Å². The van der Waals surface area contributed by atoms with E-state index in [2.05, 4.69) is 10.3 Å². The lowest BCUT2D eigenvalue weighted by atomic mass is 10.2. The number of amides is 1. The number of nitrogens with one attached hydrogen (secondary N) is 1. The SMILES string of the molecule is O=C1NC(=NCc2ccc3c(c2)OCO3)SC1=CC(Cl)=Cc1ccccc1. The van der Waals surface area contributed by atoms with E-state index in [-0.39, 0.29) is 12.7 Å². The average molecular weight is 399 g/mol. The third-order valence-corrected chi connectivity index (χ3v) is 5.03. The van der Waals surface area contributed by atoms with Crippen molar-refractivity contribution in [1.29, 1.82) is 0 Å². The van der Waals surface area contributed by atoms with Crippen LogP contribution in [0.25, 0.3) is 6.08 Å². The smallest absolute Gasteiger partial charge is 0.264 e. The van der Waals surface area contributed by atoms with Gasteiger partial charge in [-0.1, -0.05) is 48.0 Å². The van der Waals surface area contributed by atoms with Crippen molar-refractivity contribution in [2.75, 3.05) is 6.79 Å². The highest BCUT2D eigenvalue weighted by atomic mass is 35.5. The maximum Gasteiger partial charge on any atom is 0.264 e. The van der Waals surface area contributed by atoms with Gasteiger partial charge in [0.2, 0.25) is 6.79 Å². The molecule has 2 aromatic carbocycles. The summed E-state index contributed by atoms with van der Waals surface area (Å²) in [5, 5.41) is 3.79. The van der Waals surface area contributed by atoms with E-state index in [1.165, 1.54) is 11.8 Å². The van der Waals surface area contributed by atoms with E-state index in [0.717, 1.165) is 16.9 Å². The summed E-state index contributed by atoms with van der Waals surface area (Å²) >= 11 is 7.53. The topological polar surface area (TPSA) is 59.9 Å². The molecule has 0 spiro atoms. The van der Waals surface area contributed by atoms with Crippen molar-refractivity contribution in [2.45, 2.75) is 6.54 Å². The van der Waals surface area contributed by atoms with Crippen LogP contribution in [0.3, 0.4) is 0 Å². The zero-order chi connectivity index (χ0) is 18.6. The molecule has 2 aliphatic heterocycles. The van der Waals surface area contributed by atoms with Gasteiger partial charge in [0, 0.05) is 5.03 Å². The summed E-state index contributed by atoms with van der Waals surface area (Å²) in [6.45, 7) is 0.671. The molecule has 1 fully saturated rings.